The Hall–Kier alpha value is -3.04. The van der Waals surface area contributed by atoms with Gasteiger partial charge in [-0.1, -0.05) is 6.07 Å². The lowest BCUT2D eigenvalue weighted by Crippen LogP contribution is -2.17. The highest BCUT2D eigenvalue weighted by atomic mass is 19.4. The molecule has 1 fully saturated rings. The van der Waals surface area contributed by atoms with Crippen molar-refractivity contribution >= 4 is 23.4 Å². The highest BCUT2D eigenvalue weighted by molar-refractivity contribution is 5.74. The Bertz CT molecular complexity index is 824. The monoisotopic (exact) mass is 381 g/mol. The SMILES string of the molecule is NC(=O)CCNc1nc(Nc2cccc(OC(F)(F)F)c2)ncc1C1CC1. The molecular formula is C17H18F3N5O2. The van der Waals surface area contributed by atoms with Gasteiger partial charge in [-0.15, -0.1) is 13.2 Å². The largest absolute Gasteiger partial charge is 0.573 e. The van der Waals surface area contributed by atoms with Crippen LogP contribution in [-0.2, 0) is 4.79 Å². The molecule has 1 amide bonds. The number of nitrogens with two attached hydrogens (primary N) is 1. The van der Waals surface area contributed by atoms with Gasteiger partial charge in [0.25, 0.3) is 0 Å². The van der Waals surface area contributed by atoms with E-state index in [9.17, 15) is 18.0 Å². The Morgan fingerprint density at radius 2 is 2.11 bits per heavy atom. The maximum absolute atomic E-state index is 12.3. The van der Waals surface area contributed by atoms with Crippen molar-refractivity contribution in [2.24, 2.45) is 5.73 Å². The topological polar surface area (TPSA) is 102 Å². The van der Waals surface area contributed by atoms with Gasteiger partial charge in [-0.3, -0.25) is 4.79 Å². The standard InChI is InChI=1S/C17H18F3N5O2/c18-17(19,20)27-12-3-1-2-11(8-12)24-16-23-9-13(10-4-5-10)15(25-16)22-7-6-14(21)26/h1-3,8-10H,4-7H2,(H2,21,26)(H2,22,23,24,25). The van der Waals surface area contributed by atoms with Gasteiger partial charge in [-0.2, -0.15) is 4.98 Å². The van der Waals surface area contributed by atoms with Crippen LogP contribution in [0.25, 0.3) is 0 Å². The maximum Gasteiger partial charge on any atom is 0.573 e. The lowest BCUT2D eigenvalue weighted by atomic mass is 10.2. The van der Waals surface area contributed by atoms with Gasteiger partial charge in [-0.05, 0) is 30.9 Å². The Kier molecular flexibility index (Phi) is 5.33. The molecule has 7 nitrogen and oxygen atoms in total. The average Bonchev–Trinajstić information content (AvgIpc) is 3.38. The summed E-state index contributed by atoms with van der Waals surface area (Å²) >= 11 is 0. The molecule has 1 aliphatic rings. The van der Waals surface area contributed by atoms with Crippen LogP contribution in [0, 0.1) is 0 Å². The highest BCUT2D eigenvalue weighted by Crippen LogP contribution is 2.42. The molecular weight excluding hydrogens is 363 g/mol. The Morgan fingerprint density at radius 1 is 1.33 bits per heavy atom. The third-order valence-corrected chi connectivity index (χ3v) is 3.82. The molecule has 144 valence electrons. The molecule has 1 aromatic heterocycles. The molecule has 0 atom stereocenters. The molecule has 10 heteroatoms. The van der Waals surface area contributed by atoms with E-state index in [1.165, 1.54) is 18.2 Å². The zero-order valence-corrected chi connectivity index (χ0v) is 14.2. The van der Waals surface area contributed by atoms with Gasteiger partial charge in [0.05, 0.1) is 0 Å². The second-order valence-corrected chi connectivity index (χ2v) is 6.12. The molecule has 0 unspecified atom stereocenters. The number of anilines is 3. The predicted molar refractivity (Wildman–Crippen MR) is 92.7 cm³/mol. The summed E-state index contributed by atoms with van der Waals surface area (Å²) in [4.78, 5) is 19.5. The van der Waals surface area contributed by atoms with E-state index in [4.69, 9.17) is 5.73 Å². The second kappa shape index (κ2) is 7.68. The number of alkyl halides is 3. The summed E-state index contributed by atoms with van der Waals surface area (Å²) in [6, 6.07) is 5.40. The van der Waals surface area contributed by atoms with Crippen LogP contribution in [-0.4, -0.2) is 28.8 Å². The van der Waals surface area contributed by atoms with Gasteiger partial charge in [0.1, 0.15) is 11.6 Å². The zero-order chi connectivity index (χ0) is 19.4. The van der Waals surface area contributed by atoms with Crippen LogP contribution in [0.15, 0.2) is 30.5 Å². The molecule has 0 spiro atoms. The zero-order valence-electron chi connectivity index (χ0n) is 14.2. The third kappa shape index (κ3) is 5.73. The normalized spacial score (nSPS) is 13.9. The third-order valence-electron chi connectivity index (χ3n) is 3.82. The second-order valence-electron chi connectivity index (χ2n) is 6.12. The molecule has 27 heavy (non-hydrogen) atoms. The predicted octanol–water partition coefficient (Wildman–Crippen LogP) is 3.28. The number of carbonyl (C=O) groups is 1. The van der Waals surface area contributed by atoms with Crippen molar-refractivity contribution in [2.75, 3.05) is 17.2 Å². The molecule has 1 aromatic carbocycles. The summed E-state index contributed by atoms with van der Waals surface area (Å²) in [7, 11) is 0. The minimum absolute atomic E-state index is 0.160. The molecule has 1 saturated carbocycles. The number of carbonyl (C=O) groups excluding carboxylic acids is 1. The highest BCUT2D eigenvalue weighted by Gasteiger charge is 2.31. The first-order chi connectivity index (χ1) is 12.8. The molecule has 1 aliphatic carbocycles. The number of hydrogen-bond acceptors (Lipinski definition) is 6. The summed E-state index contributed by atoms with van der Waals surface area (Å²) in [5, 5.41) is 5.92. The van der Waals surface area contributed by atoms with Crippen LogP contribution in [0.1, 0.15) is 30.7 Å². The molecule has 0 radical (unpaired) electrons. The van der Waals surface area contributed by atoms with E-state index >= 15 is 0 Å². The van der Waals surface area contributed by atoms with Crippen LogP contribution < -0.4 is 21.1 Å². The van der Waals surface area contributed by atoms with Gasteiger partial charge in [0.2, 0.25) is 11.9 Å². The van der Waals surface area contributed by atoms with Crippen molar-refractivity contribution in [1.29, 1.82) is 0 Å². The Labute approximate surface area is 153 Å². The van der Waals surface area contributed by atoms with Crippen LogP contribution in [0.4, 0.5) is 30.6 Å². The van der Waals surface area contributed by atoms with Gasteiger partial charge < -0.3 is 21.1 Å². The van der Waals surface area contributed by atoms with E-state index < -0.39 is 12.3 Å². The summed E-state index contributed by atoms with van der Waals surface area (Å²) in [6.45, 7) is 0.334. The number of aromatic nitrogens is 2. The smallest absolute Gasteiger partial charge is 0.406 e. The number of nitrogens with one attached hydrogen (secondary N) is 2. The van der Waals surface area contributed by atoms with Crippen LogP contribution >= 0.6 is 0 Å². The summed E-state index contributed by atoms with van der Waals surface area (Å²) in [5.41, 5.74) is 6.43. The number of hydrogen-bond donors (Lipinski definition) is 3. The Morgan fingerprint density at radius 3 is 2.78 bits per heavy atom. The number of halogens is 3. The van der Waals surface area contributed by atoms with Crippen molar-refractivity contribution in [3.8, 4) is 5.75 Å². The van der Waals surface area contributed by atoms with Crippen molar-refractivity contribution in [3.05, 3.63) is 36.0 Å². The summed E-state index contributed by atoms with van der Waals surface area (Å²) < 4.78 is 40.9. The van der Waals surface area contributed by atoms with Crippen LogP contribution in [0.2, 0.25) is 0 Å². The van der Waals surface area contributed by atoms with E-state index in [1.807, 2.05) is 0 Å². The van der Waals surface area contributed by atoms with Crippen molar-refractivity contribution in [1.82, 2.24) is 9.97 Å². The molecule has 0 saturated heterocycles. The molecule has 4 N–H and O–H groups in total. The van der Waals surface area contributed by atoms with Crippen molar-refractivity contribution in [2.45, 2.75) is 31.5 Å². The molecule has 0 bridgehead atoms. The number of nitrogens with zero attached hydrogens (tertiary/aromatic N) is 2. The van der Waals surface area contributed by atoms with E-state index in [0.717, 1.165) is 18.4 Å². The number of amides is 1. The van der Waals surface area contributed by atoms with Gasteiger partial charge >= 0.3 is 6.36 Å². The van der Waals surface area contributed by atoms with E-state index in [-0.39, 0.29) is 18.1 Å². The molecule has 0 aliphatic heterocycles. The van der Waals surface area contributed by atoms with Crippen molar-refractivity contribution in [3.63, 3.8) is 0 Å². The Balaban J connectivity index is 1.74. The van der Waals surface area contributed by atoms with Crippen LogP contribution in [0.3, 0.4) is 0 Å². The molecule has 3 rings (SSSR count). The summed E-state index contributed by atoms with van der Waals surface area (Å²) in [6.07, 6.45) is -0.850. The van der Waals surface area contributed by atoms with Gasteiger partial charge in [0, 0.05) is 36.5 Å². The first-order valence-electron chi connectivity index (χ1n) is 8.32. The minimum atomic E-state index is -4.77. The average molecular weight is 381 g/mol. The van der Waals surface area contributed by atoms with Crippen LogP contribution in [0.5, 0.6) is 5.75 Å². The maximum atomic E-state index is 12.3. The van der Waals surface area contributed by atoms with E-state index in [2.05, 4.69) is 25.3 Å². The number of rotatable bonds is 8. The van der Waals surface area contributed by atoms with Crippen molar-refractivity contribution < 1.29 is 22.7 Å². The first kappa shape index (κ1) is 18.7. The van der Waals surface area contributed by atoms with Gasteiger partial charge in [0.15, 0.2) is 0 Å². The lowest BCUT2D eigenvalue weighted by Gasteiger charge is -2.13. The lowest BCUT2D eigenvalue weighted by molar-refractivity contribution is -0.274. The fourth-order valence-corrected chi connectivity index (χ4v) is 2.49. The summed E-state index contributed by atoms with van der Waals surface area (Å²) in [5.74, 6) is 0.397. The van der Waals surface area contributed by atoms with E-state index in [1.54, 1.807) is 12.3 Å². The first-order valence-corrected chi connectivity index (χ1v) is 8.32. The van der Waals surface area contributed by atoms with E-state index in [0.29, 0.717) is 24.0 Å². The minimum Gasteiger partial charge on any atom is -0.406 e. The number of benzene rings is 1. The fourth-order valence-electron chi connectivity index (χ4n) is 2.49. The number of primary amides is 1. The quantitative estimate of drug-likeness (QED) is 0.649. The fraction of sp³-hybridized carbons (Fsp3) is 0.353. The van der Waals surface area contributed by atoms with Gasteiger partial charge in [-0.25, -0.2) is 4.98 Å². The number of ether oxygens (including phenoxy) is 1. The molecule has 2 aromatic rings. The molecule has 1 heterocycles.